The van der Waals surface area contributed by atoms with Gasteiger partial charge in [-0.3, -0.25) is 0 Å². The number of hydrogen-bond acceptors (Lipinski definition) is 6. The Labute approximate surface area is 155 Å². The van der Waals surface area contributed by atoms with Crippen LogP contribution < -0.4 is 4.74 Å². The van der Waals surface area contributed by atoms with Gasteiger partial charge >= 0.3 is 5.97 Å². The highest BCUT2D eigenvalue weighted by Crippen LogP contribution is 2.40. The molecule has 0 saturated heterocycles. The summed E-state index contributed by atoms with van der Waals surface area (Å²) in [4.78, 5) is 17.1. The van der Waals surface area contributed by atoms with E-state index in [0.717, 1.165) is 11.3 Å². The van der Waals surface area contributed by atoms with Gasteiger partial charge < -0.3 is 14.6 Å². The molecule has 0 unspecified atom stereocenters. The first-order chi connectivity index (χ1) is 12.6. The van der Waals surface area contributed by atoms with E-state index in [4.69, 9.17) is 9.47 Å². The monoisotopic (exact) mass is 367 g/mol. The molecule has 132 valence electrons. The molecule has 1 heterocycles. The largest absolute Gasteiger partial charge is 0.506 e. The lowest BCUT2D eigenvalue weighted by Gasteiger charge is -2.01. The van der Waals surface area contributed by atoms with Gasteiger partial charge in [-0.1, -0.05) is 42.1 Å². The number of para-hydroxylation sites is 1. The summed E-state index contributed by atoms with van der Waals surface area (Å²) in [5.41, 5.74) is 1.63. The summed E-state index contributed by atoms with van der Waals surface area (Å²) in [7, 11) is 2.88. The van der Waals surface area contributed by atoms with Crippen molar-refractivity contribution >= 4 is 34.5 Å². The quantitative estimate of drug-likeness (QED) is 0.806. The molecule has 26 heavy (non-hydrogen) atoms. The zero-order chi connectivity index (χ0) is 18.5. The van der Waals surface area contributed by atoms with Crippen LogP contribution in [0.5, 0.6) is 5.75 Å². The molecule has 2 aromatic rings. The van der Waals surface area contributed by atoms with Crippen LogP contribution >= 0.6 is 11.8 Å². The Kier molecular flexibility index (Phi) is 5.43. The Bertz CT molecular complexity index is 899. The van der Waals surface area contributed by atoms with Crippen molar-refractivity contribution in [2.24, 2.45) is 4.99 Å². The van der Waals surface area contributed by atoms with Crippen LogP contribution in [-0.4, -0.2) is 30.3 Å². The molecule has 0 atom stereocenters. The number of hydrogen-bond donors (Lipinski definition) is 1. The van der Waals surface area contributed by atoms with Crippen molar-refractivity contribution < 1.29 is 19.4 Å². The number of esters is 1. The Hall–Kier alpha value is -2.99. The fraction of sp³-hybridized carbons (Fsp3) is 0.100. The van der Waals surface area contributed by atoms with Gasteiger partial charge in [0.05, 0.1) is 24.8 Å². The highest BCUT2D eigenvalue weighted by Gasteiger charge is 2.32. The third-order valence-electron chi connectivity index (χ3n) is 3.68. The lowest BCUT2D eigenvalue weighted by Crippen LogP contribution is -2.10. The molecule has 0 aliphatic carbocycles. The number of benzene rings is 2. The summed E-state index contributed by atoms with van der Waals surface area (Å²) in [6, 6.07) is 16.6. The SMILES string of the molecule is COC(=O)C1=C(O)/C(=C/c2ccc(OC)cc2)SC1=Nc1ccccc1. The minimum absolute atomic E-state index is 0.0705. The topological polar surface area (TPSA) is 68.1 Å². The molecule has 2 aromatic carbocycles. The van der Waals surface area contributed by atoms with E-state index in [1.54, 1.807) is 13.2 Å². The zero-order valence-corrected chi connectivity index (χ0v) is 15.1. The fourth-order valence-corrected chi connectivity index (χ4v) is 3.40. The second-order valence-corrected chi connectivity index (χ2v) is 6.38. The second-order valence-electron chi connectivity index (χ2n) is 5.35. The Morgan fingerprint density at radius 1 is 1.08 bits per heavy atom. The Morgan fingerprint density at radius 2 is 1.77 bits per heavy atom. The molecule has 1 aliphatic heterocycles. The highest BCUT2D eigenvalue weighted by atomic mass is 32.2. The summed E-state index contributed by atoms with van der Waals surface area (Å²) >= 11 is 1.23. The Balaban J connectivity index is 2.00. The third-order valence-corrected chi connectivity index (χ3v) is 4.70. The number of rotatable bonds is 4. The van der Waals surface area contributed by atoms with E-state index in [9.17, 15) is 9.90 Å². The molecule has 0 aromatic heterocycles. The Morgan fingerprint density at radius 3 is 2.38 bits per heavy atom. The third kappa shape index (κ3) is 3.81. The molecule has 5 nitrogen and oxygen atoms in total. The number of aliphatic hydroxyl groups is 1. The highest BCUT2D eigenvalue weighted by molar-refractivity contribution is 8.18. The summed E-state index contributed by atoms with van der Waals surface area (Å²) in [6.07, 6.45) is 1.79. The predicted octanol–water partition coefficient (Wildman–Crippen LogP) is 4.50. The van der Waals surface area contributed by atoms with Crippen molar-refractivity contribution in [1.29, 1.82) is 0 Å². The number of ether oxygens (including phenoxy) is 2. The van der Waals surface area contributed by atoms with Crippen LogP contribution in [0.15, 0.2) is 75.8 Å². The van der Waals surface area contributed by atoms with Crippen LogP contribution in [0.4, 0.5) is 5.69 Å². The molecule has 3 rings (SSSR count). The molecule has 1 aliphatic rings. The maximum absolute atomic E-state index is 12.1. The lowest BCUT2D eigenvalue weighted by molar-refractivity contribution is -0.135. The summed E-state index contributed by atoms with van der Waals surface area (Å²) < 4.78 is 9.95. The lowest BCUT2D eigenvalue weighted by atomic mass is 10.1. The number of methoxy groups -OCH3 is 2. The zero-order valence-electron chi connectivity index (χ0n) is 14.3. The van der Waals surface area contributed by atoms with Crippen molar-refractivity contribution in [2.45, 2.75) is 0 Å². The van der Waals surface area contributed by atoms with Crippen LogP contribution in [0.25, 0.3) is 6.08 Å². The van der Waals surface area contributed by atoms with Gasteiger partial charge in [-0.15, -0.1) is 0 Å². The number of nitrogens with zero attached hydrogens (tertiary/aromatic N) is 1. The van der Waals surface area contributed by atoms with Crippen molar-refractivity contribution in [2.75, 3.05) is 14.2 Å². The van der Waals surface area contributed by atoms with Crippen LogP contribution in [-0.2, 0) is 9.53 Å². The van der Waals surface area contributed by atoms with Crippen LogP contribution in [0.3, 0.4) is 0 Å². The van der Waals surface area contributed by atoms with Gasteiger partial charge in [-0.25, -0.2) is 9.79 Å². The van der Waals surface area contributed by atoms with Gasteiger partial charge in [0, 0.05) is 0 Å². The van der Waals surface area contributed by atoms with Gasteiger partial charge in [0.2, 0.25) is 0 Å². The van der Waals surface area contributed by atoms with E-state index in [0.29, 0.717) is 15.6 Å². The van der Waals surface area contributed by atoms with E-state index in [1.165, 1.54) is 18.9 Å². The fourth-order valence-electron chi connectivity index (χ4n) is 2.36. The molecular weight excluding hydrogens is 350 g/mol. The average molecular weight is 367 g/mol. The minimum Gasteiger partial charge on any atom is -0.506 e. The first-order valence-electron chi connectivity index (χ1n) is 7.82. The van der Waals surface area contributed by atoms with Crippen molar-refractivity contribution in [3.05, 3.63) is 76.4 Å². The normalized spacial score (nSPS) is 17.0. The van der Waals surface area contributed by atoms with Gasteiger partial charge in [-0.05, 0) is 35.9 Å². The first kappa shape index (κ1) is 17.8. The molecule has 6 heteroatoms. The first-order valence-corrected chi connectivity index (χ1v) is 8.63. The van der Waals surface area contributed by atoms with Crippen LogP contribution in [0, 0.1) is 0 Å². The second kappa shape index (κ2) is 7.93. The average Bonchev–Trinajstić information content (AvgIpc) is 2.97. The molecule has 1 N–H and O–H groups in total. The van der Waals surface area contributed by atoms with Crippen molar-refractivity contribution in [3.8, 4) is 5.75 Å². The molecule has 0 saturated carbocycles. The van der Waals surface area contributed by atoms with E-state index in [1.807, 2.05) is 54.6 Å². The minimum atomic E-state index is -0.622. The summed E-state index contributed by atoms with van der Waals surface area (Å²) in [5, 5.41) is 10.9. The van der Waals surface area contributed by atoms with Crippen LogP contribution in [0.2, 0.25) is 0 Å². The number of carbonyl (C=O) groups excluding carboxylic acids is 1. The van der Waals surface area contributed by atoms with E-state index < -0.39 is 5.97 Å². The molecule has 0 amide bonds. The van der Waals surface area contributed by atoms with Crippen molar-refractivity contribution in [1.82, 2.24) is 0 Å². The summed E-state index contributed by atoms with van der Waals surface area (Å²) in [5.74, 6) is -0.0114. The molecule has 0 fully saturated rings. The number of aliphatic imine (C=N–C) groups is 1. The van der Waals surface area contributed by atoms with Crippen LogP contribution in [0.1, 0.15) is 5.56 Å². The standard InChI is InChI=1S/C20H17NO4S/c1-24-15-10-8-13(9-11-15)12-16-18(22)17(20(23)25-2)19(26-16)21-14-6-4-3-5-7-14/h3-12,22H,1-2H3/b16-12-,21-19?. The van der Waals surface area contributed by atoms with Crippen molar-refractivity contribution in [3.63, 3.8) is 0 Å². The van der Waals surface area contributed by atoms with Gasteiger partial charge in [0.15, 0.2) is 0 Å². The van der Waals surface area contributed by atoms with E-state index >= 15 is 0 Å². The molecular formula is C20H17NO4S. The maximum Gasteiger partial charge on any atom is 0.344 e. The van der Waals surface area contributed by atoms with E-state index in [2.05, 4.69) is 4.99 Å². The molecule has 0 radical (unpaired) electrons. The number of aliphatic hydroxyl groups excluding tert-OH is 1. The number of thioether (sulfide) groups is 1. The van der Waals surface area contributed by atoms with Gasteiger partial charge in [0.1, 0.15) is 22.1 Å². The number of carbonyl (C=O) groups is 1. The predicted molar refractivity (Wildman–Crippen MR) is 104 cm³/mol. The van der Waals surface area contributed by atoms with Gasteiger partial charge in [0.25, 0.3) is 0 Å². The summed E-state index contributed by atoms with van der Waals surface area (Å²) in [6.45, 7) is 0. The maximum atomic E-state index is 12.1. The molecule has 0 bridgehead atoms. The van der Waals surface area contributed by atoms with E-state index in [-0.39, 0.29) is 11.3 Å². The molecule has 0 spiro atoms. The van der Waals surface area contributed by atoms with Gasteiger partial charge in [-0.2, -0.15) is 0 Å². The smallest absolute Gasteiger partial charge is 0.344 e.